The summed E-state index contributed by atoms with van der Waals surface area (Å²) in [6.07, 6.45) is 9.80. The van der Waals surface area contributed by atoms with Crippen LogP contribution in [0.15, 0.2) is 23.1 Å². The predicted octanol–water partition coefficient (Wildman–Crippen LogP) is 1.99. The number of rotatable bonds is 3. The molecule has 1 aliphatic heterocycles. The number of aromatic nitrogens is 4. The minimum atomic E-state index is -0.0974. The van der Waals surface area contributed by atoms with Crippen molar-refractivity contribution in [3.63, 3.8) is 0 Å². The zero-order valence-electron chi connectivity index (χ0n) is 12.2. The van der Waals surface area contributed by atoms with Crippen LogP contribution in [0.1, 0.15) is 44.0 Å². The van der Waals surface area contributed by atoms with Crippen LogP contribution in [-0.4, -0.2) is 37.5 Å². The number of hydrogen-bond acceptors (Lipinski definition) is 6. The van der Waals surface area contributed by atoms with Crippen LogP contribution < -0.4 is 0 Å². The van der Waals surface area contributed by atoms with E-state index in [-0.39, 0.29) is 17.9 Å². The van der Waals surface area contributed by atoms with Crippen molar-refractivity contribution in [1.29, 1.82) is 0 Å². The molecule has 1 amide bonds. The second-order valence-corrected chi connectivity index (χ2v) is 5.86. The first-order valence-corrected chi connectivity index (χ1v) is 7.73. The van der Waals surface area contributed by atoms with Crippen LogP contribution in [0, 0.1) is 5.92 Å². The van der Waals surface area contributed by atoms with Gasteiger partial charge in [-0.3, -0.25) is 9.78 Å². The Morgan fingerprint density at radius 1 is 1.23 bits per heavy atom. The van der Waals surface area contributed by atoms with Crippen LogP contribution in [0.25, 0.3) is 11.5 Å². The normalized spacial score (nSPS) is 21.8. The number of hydrogen-bond donors (Lipinski definition) is 0. The van der Waals surface area contributed by atoms with Crippen molar-refractivity contribution in [2.45, 2.75) is 38.1 Å². The Kier molecular flexibility index (Phi) is 3.32. The quantitative estimate of drug-likeness (QED) is 0.861. The van der Waals surface area contributed by atoms with Gasteiger partial charge in [0.15, 0.2) is 0 Å². The molecule has 22 heavy (non-hydrogen) atoms. The van der Waals surface area contributed by atoms with Gasteiger partial charge in [0.2, 0.25) is 17.6 Å². The summed E-state index contributed by atoms with van der Waals surface area (Å²) >= 11 is 0. The van der Waals surface area contributed by atoms with Gasteiger partial charge < -0.3 is 9.42 Å². The molecule has 0 bridgehead atoms. The molecule has 1 saturated carbocycles. The molecule has 2 aromatic heterocycles. The van der Waals surface area contributed by atoms with Crippen molar-refractivity contribution >= 4 is 5.91 Å². The third-order valence-electron chi connectivity index (χ3n) is 4.23. The number of carbonyl (C=O) groups is 1. The molecule has 0 spiro atoms. The van der Waals surface area contributed by atoms with E-state index >= 15 is 0 Å². The smallest absolute Gasteiger partial charge is 0.249 e. The summed E-state index contributed by atoms with van der Waals surface area (Å²) in [4.78, 5) is 27.0. The molecule has 3 heterocycles. The summed E-state index contributed by atoms with van der Waals surface area (Å²) in [5.41, 5.74) is 0.577. The lowest BCUT2D eigenvalue weighted by atomic mass is 10.0. The molecule has 0 unspecified atom stereocenters. The van der Waals surface area contributed by atoms with Crippen molar-refractivity contribution in [2.24, 2.45) is 5.92 Å². The van der Waals surface area contributed by atoms with Crippen molar-refractivity contribution in [3.05, 3.63) is 24.5 Å². The molecular formula is C15H17N5O2. The predicted molar refractivity (Wildman–Crippen MR) is 76.4 cm³/mol. The number of likely N-dealkylation sites (tertiary alicyclic amines) is 1. The second-order valence-electron chi connectivity index (χ2n) is 5.86. The molecule has 1 atom stereocenters. The summed E-state index contributed by atoms with van der Waals surface area (Å²) in [5.74, 6) is 1.38. The largest absolute Gasteiger partial charge is 0.337 e. The van der Waals surface area contributed by atoms with E-state index in [4.69, 9.17) is 4.52 Å². The topological polar surface area (TPSA) is 85.0 Å². The number of amides is 1. The van der Waals surface area contributed by atoms with Gasteiger partial charge in [-0.15, -0.1) is 0 Å². The Morgan fingerprint density at radius 2 is 2.14 bits per heavy atom. The van der Waals surface area contributed by atoms with E-state index in [0.717, 1.165) is 38.6 Å². The van der Waals surface area contributed by atoms with Gasteiger partial charge in [-0.1, -0.05) is 5.16 Å². The van der Waals surface area contributed by atoms with Crippen LogP contribution in [-0.2, 0) is 4.79 Å². The Balaban J connectivity index is 1.59. The molecule has 1 aliphatic carbocycles. The van der Waals surface area contributed by atoms with Crippen LogP contribution in [0.4, 0.5) is 0 Å². The Morgan fingerprint density at radius 3 is 2.91 bits per heavy atom. The third kappa shape index (κ3) is 2.47. The minimum Gasteiger partial charge on any atom is -0.337 e. The van der Waals surface area contributed by atoms with Crippen molar-refractivity contribution in [3.8, 4) is 11.5 Å². The number of carbonyl (C=O) groups excluding carboxylic acids is 1. The average Bonchev–Trinajstić information content (AvgIpc) is 3.32. The van der Waals surface area contributed by atoms with Crippen LogP contribution in [0.3, 0.4) is 0 Å². The summed E-state index contributed by atoms with van der Waals surface area (Å²) < 4.78 is 5.42. The van der Waals surface area contributed by atoms with Gasteiger partial charge in [0.25, 0.3) is 0 Å². The lowest BCUT2D eigenvalue weighted by Crippen LogP contribution is -2.39. The van der Waals surface area contributed by atoms with E-state index < -0.39 is 0 Å². The average molecular weight is 299 g/mol. The first kappa shape index (κ1) is 13.4. The van der Waals surface area contributed by atoms with Gasteiger partial charge in [0.05, 0.1) is 6.20 Å². The minimum absolute atomic E-state index is 0.0974. The highest BCUT2D eigenvalue weighted by Gasteiger charge is 2.39. The fourth-order valence-electron chi connectivity index (χ4n) is 2.91. The molecule has 114 valence electrons. The first-order chi connectivity index (χ1) is 10.8. The Hall–Kier alpha value is -2.31. The Labute approximate surface area is 127 Å². The van der Waals surface area contributed by atoms with Crippen LogP contribution in [0.2, 0.25) is 0 Å². The maximum absolute atomic E-state index is 12.4. The number of nitrogens with zero attached hydrogens (tertiary/aromatic N) is 5. The van der Waals surface area contributed by atoms with Gasteiger partial charge in [0.1, 0.15) is 11.7 Å². The molecule has 2 aromatic rings. The molecule has 2 fully saturated rings. The van der Waals surface area contributed by atoms with E-state index in [2.05, 4.69) is 20.1 Å². The second kappa shape index (κ2) is 5.47. The van der Waals surface area contributed by atoms with Gasteiger partial charge in [-0.25, -0.2) is 4.98 Å². The van der Waals surface area contributed by atoms with E-state index in [1.54, 1.807) is 18.6 Å². The maximum atomic E-state index is 12.4. The van der Waals surface area contributed by atoms with Gasteiger partial charge in [-0.05, 0) is 32.1 Å². The molecule has 0 radical (unpaired) electrons. The van der Waals surface area contributed by atoms with Gasteiger partial charge in [-0.2, -0.15) is 4.98 Å². The maximum Gasteiger partial charge on any atom is 0.249 e. The highest BCUT2D eigenvalue weighted by atomic mass is 16.5. The van der Waals surface area contributed by atoms with Crippen molar-refractivity contribution in [2.75, 3.05) is 6.54 Å². The zero-order chi connectivity index (χ0) is 14.9. The molecule has 7 heteroatoms. The summed E-state index contributed by atoms with van der Waals surface area (Å²) in [6, 6.07) is -0.0974. The lowest BCUT2D eigenvalue weighted by Gasteiger charge is -2.33. The van der Waals surface area contributed by atoms with Gasteiger partial charge >= 0.3 is 0 Å². The third-order valence-corrected chi connectivity index (χ3v) is 4.23. The molecular weight excluding hydrogens is 282 g/mol. The summed E-state index contributed by atoms with van der Waals surface area (Å²) in [5, 5.41) is 3.99. The molecule has 7 nitrogen and oxygen atoms in total. The molecule has 2 aliphatic rings. The fourth-order valence-corrected chi connectivity index (χ4v) is 2.91. The van der Waals surface area contributed by atoms with E-state index in [9.17, 15) is 4.79 Å². The molecule has 1 saturated heterocycles. The first-order valence-electron chi connectivity index (χ1n) is 7.73. The monoisotopic (exact) mass is 299 g/mol. The van der Waals surface area contributed by atoms with E-state index in [1.807, 2.05) is 4.90 Å². The zero-order valence-corrected chi connectivity index (χ0v) is 12.2. The fraction of sp³-hybridized carbons (Fsp3) is 0.533. The molecule has 0 aromatic carbocycles. The van der Waals surface area contributed by atoms with Crippen LogP contribution in [0.5, 0.6) is 0 Å². The summed E-state index contributed by atoms with van der Waals surface area (Å²) in [6.45, 7) is 0.781. The summed E-state index contributed by atoms with van der Waals surface area (Å²) in [7, 11) is 0. The standard InChI is InChI=1S/C15H17N5O2/c21-15(10-4-5-10)20-8-2-1-3-12(20)14-18-13(19-22-14)11-9-16-6-7-17-11/h6-7,9-10,12H,1-5,8H2/t12-/m1/s1. The van der Waals surface area contributed by atoms with E-state index in [1.165, 1.54) is 0 Å². The highest BCUT2D eigenvalue weighted by Crippen LogP contribution is 2.37. The lowest BCUT2D eigenvalue weighted by molar-refractivity contribution is -0.137. The van der Waals surface area contributed by atoms with Crippen molar-refractivity contribution in [1.82, 2.24) is 25.0 Å². The number of piperidine rings is 1. The van der Waals surface area contributed by atoms with Gasteiger partial charge in [0, 0.05) is 24.9 Å². The Bertz CT molecular complexity index is 668. The SMILES string of the molecule is O=C(C1CC1)N1CCCC[C@@H]1c1nc(-c2cnccn2)no1. The van der Waals surface area contributed by atoms with E-state index in [0.29, 0.717) is 17.4 Å². The molecule has 4 rings (SSSR count). The van der Waals surface area contributed by atoms with Crippen molar-refractivity contribution < 1.29 is 9.32 Å². The molecule has 0 N–H and O–H groups in total. The highest BCUT2D eigenvalue weighted by molar-refractivity contribution is 5.81. The van der Waals surface area contributed by atoms with Crippen LogP contribution >= 0.6 is 0 Å².